The van der Waals surface area contributed by atoms with Gasteiger partial charge in [0.25, 0.3) is 5.91 Å². The van der Waals surface area contributed by atoms with Crippen LogP contribution in [0.15, 0.2) is 18.3 Å². The first-order valence-corrected chi connectivity index (χ1v) is 8.89. The zero-order valence-corrected chi connectivity index (χ0v) is 15.5. The third kappa shape index (κ3) is 3.85. The highest BCUT2D eigenvalue weighted by Gasteiger charge is 2.28. The molecular formula is C19H28N4O2. The van der Waals surface area contributed by atoms with Gasteiger partial charge in [-0.15, -0.1) is 0 Å². The Bertz CT molecular complexity index is 754. The SMILES string of the molecule is Cc1cc(C(=O)N2CCN(C[C@H](O)C(C)(C)C)CC2)c2[nH]ncc2c1. The van der Waals surface area contributed by atoms with Crippen molar-refractivity contribution in [3.05, 3.63) is 29.5 Å². The van der Waals surface area contributed by atoms with Crippen molar-refractivity contribution in [3.8, 4) is 0 Å². The molecule has 25 heavy (non-hydrogen) atoms. The number of nitrogens with zero attached hydrogens (tertiary/aromatic N) is 3. The van der Waals surface area contributed by atoms with Gasteiger partial charge in [0.15, 0.2) is 0 Å². The Hall–Kier alpha value is -1.92. The number of fused-ring (bicyclic) bond motifs is 1. The van der Waals surface area contributed by atoms with Gasteiger partial charge < -0.3 is 10.0 Å². The number of piperazine rings is 1. The maximum absolute atomic E-state index is 13.0. The average Bonchev–Trinajstić information content (AvgIpc) is 3.01. The minimum absolute atomic E-state index is 0.0500. The number of aromatic nitrogens is 2. The Kier molecular flexibility index (Phi) is 4.84. The minimum atomic E-state index is -0.365. The second-order valence-electron chi connectivity index (χ2n) is 8.12. The van der Waals surface area contributed by atoms with E-state index in [0.29, 0.717) is 25.2 Å². The van der Waals surface area contributed by atoms with Crippen molar-refractivity contribution in [3.63, 3.8) is 0 Å². The lowest BCUT2D eigenvalue weighted by atomic mass is 9.89. The Morgan fingerprint density at radius 2 is 1.96 bits per heavy atom. The first-order chi connectivity index (χ1) is 11.8. The molecule has 0 bridgehead atoms. The summed E-state index contributed by atoms with van der Waals surface area (Å²) >= 11 is 0. The Morgan fingerprint density at radius 3 is 2.60 bits per heavy atom. The van der Waals surface area contributed by atoms with Crippen LogP contribution < -0.4 is 0 Å². The quantitative estimate of drug-likeness (QED) is 0.894. The fraction of sp³-hybridized carbons (Fsp3) is 0.579. The van der Waals surface area contributed by atoms with Crippen molar-refractivity contribution in [2.24, 2.45) is 5.41 Å². The molecule has 1 amide bonds. The molecule has 136 valence electrons. The summed E-state index contributed by atoms with van der Waals surface area (Å²) in [7, 11) is 0. The van der Waals surface area contributed by atoms with E-state index in [1.165, 1.54) is 0 Å². The molecule has 0 spiro atoms. The highest BCUT2D eigenvalue weighted by Crippen LogP contribution is 2.22. The van der Waals surface area contributed by atoms with Crippen molar-refractivity contribution in [2.75, 3.05) is 32.7 Å². The Balaban J connectivity index is 1.66. The van der Waals surface area contributed by atoms with Gasteiger partial charge in [0.1, 0.15) is 0 Å². The standard InChI is InChI=1S/C19H28N4O2/c1-13-9-14-11-20-21-17(14)15(10-13)18(25)23-7-5-22(6-8-23)12-16(24)19(2,3)4/h9-11,16,24H,5-8,12H2,1-4H3,(H,20,21)/t16-/m0/s1. The van der Waals surface area contributed by atoms with Crippen molar-refractivity contribution in [1.29, 1.82) is 0 Å². The number of aryl methyl sites for hydroxylation is 1. The molecule has 0 unspecified atom stereocenters. The number of aliphatic hydroxyl groups excluding tert-OH is 1. The number of rotatable bonds is 3. The van der Waals surface area contributed by atoms with E-state index in [1.807, 2.05) is 44.7 Å². The Labute approximate surface area is 148 Å². The summed E-state index contributed by atoms with van der Waals surface area (Å²) < 4.78 is 0. The average molecular weight is 344 g/mol. The smallest absolute Gasteiger partial charge is 0.256 e. The number of benzene rings is 1. The third-order valence-electron chi connectivity index (χ3n) is 5.01. The number of hydrogen-bond donors (Lipinski definition) is 2. The lowest BCUT2D eigenvalue weighted by Gasteiger charge is -2.38. The van der Waals surface area contributed by atoms with E-state index in [0.717, 1.165) is 29.6 Å². The van der Waals surface area contributed by atoms with Crippen LogP contribution in [0.1, 0.15) is 36.7 Å². The summed E-state index contributed by atoms with van der Waals surface area (Å²) in [6.45, 7) is 11.7. The normalized spacial score (nSPS) is 17.9. The molecule has 1 aliphatic rings. The summed E-state index contributed by atoms with van der Waals surface area (Å²) in [5, 5.41) is 18.3. The van der Waals surface area contributed by atoms with Gasteiger partial charge in [0, 0.05) is 38.1 Å². The number of hydrogen-bond acceptors (Lipinski definition) is 4. The second-order valence-corrected chi connectivity index (χ2v) is 8.12. The summed E-state index contributed by atoms with van der Waals surface area (Å²) in [6.07, 6.45) is 1.39. The van der Waals surface area contributed by atoms with Crippen LogP contribution in [0.4, 0.5) is 0 Å². The van der Waals surface area contributed by atoms with Crippen molar-refractivity contribution in [2.45, 2.75) is 33.8 Å². The number of aliphatic hydroxyl groups is 1. The maximum Gasteiger partial charge on any atom is 0.256 e. The van der Waals surface area contributed by atoms with Crippen LogP contribution in [-0.2, 0) is 0 Å². The van der Waals surface area contributed by atoms with Gasteiger partial charge in [0.2, 0.25) is 0 Å². The van der Waals surface area contributed by atoms with E-state index >= 15 is 0 Å². The highest BCUT2D eigenvalue weighted by molar-refractivity contribution is 6.05. The predicted molar refractivity (Wildman–Crippen MR) is 98.6 cm³/mol. The molecule has 1 fully saturated rings. The van der Waals surface area contributed by atoms with Crippen molar-refractivity contribution >= 4 is 16.8 Å². The van der Waals surface area contributed by atoms with Gasteiger partial charge in [-0.2, -0.15) is 5.10 Å². The lowest BCUT2D eigenvalue weighted by Crippen LogP contribution is -2.51. The Morgan fingerprint density at radius 1 is 1.28 bits per heavy atom. The molecule has 3 rings (SSSR count). The molecule has 1 atom stereocenters. The van der Waals surface area contributed by atoms with Gasteiger partial charge in [-0.25, -0.2) is 0 Å². The first kappa shape index (κ1) is 17.9. The largest absolute Gasteiger partial charge is 0.391 e. The van der Waals surface area contributed by atoms with Gasteiger partial charge in [0.05, 0.1) is 23.4 Å². The number of carbonyl (C=O) groups excluding carboxylic acids is 1. The van der Waals surface area contributed by atoms with Crippen LogP contribution in [0.3, 0.4) is 0 Å². The van der Waals surface area contributed by atoms with E-state index < -0.39 is 0 Å². The number of β-amino-alcohol motifs (C(OH)–C–C–N with tert-alkyl or cyclic N) is 1. The van der Waals surface area contributed by atoms with Crippen LogP contribution in [0.5, 0.6) is 0 Å². The summed E-state index contributed by atoms with van der Waals surface area (Å²) in [6, 6.07) is 3.96. The lowest BCUT2D eigenvalue weighted by molar-refractivity contribution is 0.0137. The molecule has 2 heterocycles. The summed E-state index contributed by atoms with van der Waals surface area (Å²) in [4.78, 5) is 17.1. The van der Waals surface area contributed by atoms with Crippen LogP contribution in [0.25, 0.3) is 10.9 Å². The highest BCUT2D eigenvalue weighted by atomic mass is 16.3. The van der Waals surface area contributed by atoms with E-state index in [1.54, 1.807) is 6.20 Å². The van der Waals surface area contributed by atoms with Crippen LogP contribution in [0.2, 0.25) is 0 Å². The van der Waals surface area contributed by atoms with Gasteiger partial charge in [-0.05, 0) is 30.0 Å². The van der Waals surface area contributed by atoms with E-state index in [2.05, 4.69) is 15.1 Å². The van der Waals surface area contributed by atoms with Crippen LogP contribution in [0, 0.1) is 12.3 Å². The molecule has 1 aromatic carbocycles. The molecule has 1 saturated heterocycles. The molecule has 6 heteroatoms. The van der Waals surface area contributed by atoms with Gasteiger partial charge >= 0.3 is 0 Å². The van der Waals surface area contributed by atoms with Crippen molar-refractivity contribution in [1.82, 2.24) is 20.0 Å². The minimum Gasteiger partial charge on any atom is -0.391 e. The zero-order chi connectivity index (χ0) is 18.2. The predicted octanol–water partition coefficient (Wildman–Crippen LogP) is 2.04. The number of carbonyl (C=O) groups is 1. The number of amides is 1. The molecule has 0 aliphatic carbocycles. The summed E-state index contributed by atoms with van der Waals surface area (Å²) in [5.41, 5.74) is 2.43. The monoisotopic (exact) mass is 344 g/mol. The molecule has 2 aromatic rings. The molecule has 6 nitrogen and oxygen atoms in total. The second kappa shape index (κ2) is 6.77. The number of H-pyrrole nitrogens is 1. The fourth-order valence-electron chi connectivity index (χ4n) is 3.20. The third-order valence-corrected chi connectivity index (χ3v) is 5.01. The number of aromatic amines is 1. The maximum atomic E-state index is 13.0. The number of nitrogens with one attached hydrogen (secondary N) is 1. The zero-order valence-electron chi connectivity index (χ0n) is 15.5. The summed E-state index contributed by atoms with van der Waals surface area (Å²) in [5.74, 6) is 0.0500. The molecule has 2 N–H and O–H groups in total. The fourth-order valence-corrected chi connectivity index (χ4v) is 3.20. The molecule has 0 radical (unpaired) electrons. The van der Waals surface area contributed by atoms with Crippen LogP contribution in [-0.4, -0.2) is 69.8 Å². The molecular weight excluding hydrogens is 316 g/mol. The van der Waals surface area contributed by atoms with Gasteiger partial charge in [-0.3, -0.25) is 14.8 Å². The van der Waals surface area contributed by atoms with E-state index in [-0.39, 0.29) is 17.4 Å². The van der Waals surface area contributed by atoms with E-state index in [4.69, 9.17) is 0 Å². The molecule has 0 saturated carbocycles. The topological polar surface area (TPSA) is 72.5 Å². The van der Waals surface area contributed by atoms with Crippen LogP contribution >= 0.6 is 0 Å². The molecule has 1 aliphatic heterocycles. The van der Waals surface area contributed by atoms with E-state index in [9.17, 15) is 9.90 Å². The molecule has 1 aromatic heterocycles. The van der Waals surface area contributed by atoms with Gasteiger partial charge in [-0.1, -0.05) is 20.8 Å². The first-order valence-electron chi connectivity index (χ1n) is 8.89. The van der Waals surface area contributed by atoms with Crippen molar-refractivity contribution < 1.29 is 9.90 Å².